The van der Waals surface area contributed by atoms with Gasteiger partial charge in [0.15, 0.2) is 0 Å². The molecule has 2 aromatic carbocycles. The molecule has 19 heavy (non-hydrogen) atoms. The molecule has 2 aromatic rings. The van der Waals surface area contributed by atoms with Crippen molar-refractivity contribution in [1.82, 2.24) is 5.32 Å². The topological polar surface area (TPSA) is 24.4 Å². The van der Waals surface area contributed by atoms with E-state index in [0.29, 0.717) is 0 Å². The molecule has 0 heterocycles. The fourth-order valence-corrected chi connectivity index (χ4v) is 1.79. The first kappa shape index (κ1) is 12.9. The first-order chi connectivity index (χ1) is 9.35. The fraction of sp³-hybridized carbons (Fsp3) is 0.0588. The van der Waals surface area contributed by atoms with Crippen molar-refractivity contribution in [3.63, 3.8) is 0 Å². The minimum Gasteiger partial charge on any atom is -0.333 e. The number of nitrogens with zero attached hydrogens (tertiary/aromatic N) is 1. The van der Waals surface area contributed by atoms with Gasteiger partial charge < -0.3 is 5.32 Å². The van der Waals surface area contributed by atoms with Crippen molar-refractivity contribution in [3.05, 3.63) is 84.1 Å². The van der Waals surface area contributed by atoms with Crippen molar-refractivity contribution < 1.29 is 0 Å². The van der Waals surface area contributed by atoms with Gasteiger partial charge in [-0.2, -0.15) is 0 Å². The highest BCUT2D eigenvalue weighted by molar-refractivity contribution is 6.03. The van der Waals surface area contributed by atoms with E-state index in [4.69, 9.17) is 0 Å². The van der Waals surface area contributed by atoms with Crippen molar-refractivity contribution in [2.75, 3.05) is 7.05 Å². The van der Waals surface area contributed by atoms with Gasteiger partial charge in [-0.1, -0.05) is 67.2 Å². The summed E-state index contributed by atoms with van der Waals surface area (Å²) < 4.78 is 0. The van der Waals surface area contributed by atoms with Crippen molar-refractivity contribution in [2.24, 2.45) is 4.99 Å². The molecule has 0 bridgehead atoms. The molecule has 0 aromatic heterocycles. The molecule has 0 fully saturated rings. The molecule has 0 saturated heterocycles. The molecule has 1 N–H and O–H groups in total. The second-order valence-electron chi connectivity index (χ2n) is 3.98. The predicted molar refractivity (Wildman–Crippen MR) is 81.0 cm³/mol. The van der Waals surface area contributed by atoms with E-state index in [9.17, 15) is 0 Å². The van der Waals surface area contributed by atoms with Crippen molar-refractivity contribution in [2.45, 2.75) is 0 Å². The lowest BCUT2D eigenvalue weighted by molar-refractivity contribution is 1.24. The van der Waals surface area contributed by atoms with E-state index < -0.39 is 0 Å². The zero-order valence-electron chi connectivity index (χ0n) is 10.9. The van der Waals surface area contributed by atoms with Crippen LogP contribution in [0.15, 0.2) is 78.0 Å². The Bertz CT molecular complexity index is 606. The fourth-order valence-electron chi connectivity index (χ4n) is 1.79. The maximum atomic E-state index is 4.29. The summed E-state index contributed by atoms with van der Waals surface area (Å²) in [6.45, 7) is 3.74. The third-order valence-corrected chi connectivity index (χ3v) is 2.75. The van der Waals surface area contributed by atoms with Gasteiger partial charge in [-0.05, 0) is 0 Å². The normalized spacial score (nSPS) is 10.7. The van der Waals surface area contributed by atoms with Crippen molar-refractivity contribution in [3.8, 4) is 0 Å². The molecule has 0 saturated carbocycles. The Labute approximate surface area is 113 Å². The molecule has 0 atom stereocenters. The van der Waals surface area contributed by atoms with Gasteiger partial charge >= 0.3 is 0 Å². The van der Waals surface area contributed by atoms with Crippen molar-refractivity contribution >= 4 is 11.5 Å². The van der Waals surface area contributed by atoms with Crippen molar-refractivity contribution in [1.29, 1.82) is 0 Å². The van der Waals surface area contributed by atoms with E-state index in [0.717, 1.165) is 22.7 Å². The molecular formula is C17H16N2. The van der Waals surface area contributed by atoms with Gasteiger partial charge in [0.25, 0.3) is 0 Å². The average Bonchev–Trinajstić information content (AvgIpc) is 2.50. The smallest absolute Gasteiger partial charge is 0.132 e. The van der Waals surface area contributed by atoms with Crippen LogP contribution in [0.5, 0.6) is 0 Å². The number of nitrogens with one attached hydrogen (secondary N) is 1. The zero-order valence-corrected chi connectivity index (χ0v) is 10.9. The van der Waals surface area contributed by atoms with Crippen LogP contribution in [0, 0.1) is 0 Å². The van der Waals surface area contributed by atoms with Crippen LogP contribution in [0.2, 0.25) is 0 Å². The summed E-state index contributed by atoms with van der Waals surface area (Å²) in [6.07, 6.45) is 0. The molecule has 0 amide bonds. The van der Waals surface area contributed by atoms with Gasteiger partial charge in [-0.3, -0.25) is 4.99 Å². The summed E-state index contributed by atoms with van der Waals surface area (Å²) in [4.78, 5) is 4.29. The Morgan fingerprint density at radius 2 is 1.47 bits per heavy atom. The van der Waals surface area contributed by atoms with E-state index in [1.807, 2.05) is 60.7 Å². The summed E-state index contributed by atoms with van der Waals surface area (Å²) in [5.41, 5.74) is 5.82. The van der Waals surface area contributed by atoms with E-state index in [1.54, 1.807) is 7.05 Å². The lowest BCUT2D eigenvalue weighted by Gasteiger charge is -2.11. The number of amidine groups is 1. The van der Waals surface area contributed by atoms with Gasteiger partial charge in [-0.15, -0.1) is 5.73 Å². The molecule has 2 nitrogen and oxygen atoms in total. The van der Waals surface area contributed by atoms with Crippen LogP contribution in [0.25, 0.3) is 5.70 Å². The number of rotatable bonds is 3. The van der Waals surface area contributed by atoms with Gasteiger partial charge in [0.1, 0.15) is 5.84 Å². The third kappa shape index (κ3) is 3.21. The summed E-state index contributed by atoms with van der Waals surface area (Å²) in [6, 6.07) is 20.0. The van der Waals surface area contributed by atoms with Crippen LogP contribution in [0.3, 0.4) is 0 Å². The van der Waals surface area contributed by atoms with E-state index in [2.05, 4.69) is 22.6 Å². The van der Waals surface area contributed by atoms with Gasteiger partial charge in [0.2, 0.25) is 0 Å². The van der Waals surface area contributed by atoms with Crippen LogP contribution in [0.4, 0.5) is 0 Å². The Morgan fingerprint density at radius 1 is 0.947 bits per heavy atom. The molecule has 94 valence electrons. The van der Waals surface area contributed by atoms with Crippen LogP contribution < -0.4 is 5.32 Å². The molecule has 0 aliphatic rings. The summed E-state index contributed by atoms with van der Waals surface area (Å²) in [7, 11) is 1.76. The Balaban J connectivity index is 2.27. The maximum Gasteiger partial charge on any atom is 0.132 e. The number of aliphatic imine (C=N–C) groups is 1. The van der Waals surface area contributed by atoms with Crippen LogP contribution in [-0.2, 0) is 0 Å². The highest BCUT2D eigenvalue weighted by atomic mass is 15.0. The standard InChI is InChI=1S/C17H16N2/c1-3-16(14-10-6-4-7-11-14)19-17(18-2)15-12-8-5-9-13-15/h4-13H,1H2,2H3,(H,18,19). The number of benzene rings is 2. The molecule has 0 aliphatic carbocycles. The van der Waals surface area contributed by atoms with E-state index >= 15 is 0 Å². The van der Waals surface area contributed by atoms with Gasteiger partial charge in [-0.25, -0.2) is 0 Å². The monoisotopic (exact) mass is 248 g/mol. The van der Waals surface area contributed by atoms with Crippen LogP contribution >= 0.6 is 0 Å². The zero-order chi connectivity index (χ0) is 13.5. The minimum atomic E-state index is 0.801. The predicted octanol–water partition coefficient (Wildman–Crippen LogP) is 3.48. The molecule has 2 rings (SSSR count). The highest BCUT2D eigenvalue weighted by Gasteiger charge is 2.05. The second-order valence-corrected chi connectivity index (χ2v) is 3.98. The summed E-state index contributed by atoms with van der Waals surface area (Å²) >= 11 is 0. The first-order valence-electron chi connectivity index (χ1n) is 6.10. The largest absolute Gasteiger partial charge is 0.333 e. The summed E-state index contributed by atoms with van der Waals surface area (Å²) in [5, 5.41) is 3.28. The van der Waals surface area contributed by atoms with Gasteiger partial charge in [0, 0.05) is 18.2 Å². The van der Waals surface area contributed by atoms with Crippen LogP contribution in [0.1, 0.15) is 11.1 Å². The second kappa shape index (κ2) is 6.39. The number of hydrogen-bond donors (Lipinski definition) is 1. The SMILES string of the molecule is C=C=C(NC(=NC)c1ccccc1)c1ccccc1. The lowest BCUT2D eigenvalue weighted by Crippen LogP contribution is -2.22. The summed E-state index contributed by atoms with van der Waals surface area (Å²) in [5.74, 6) is 0.801. The minimum absolute atomic E-state index is 0.801. The molecule has 0 aliphatic heterocycles. The Hall–Kier alpha value is -2.57. The quantitative estimate of drug-likeness (QED) is 0.502. The van der Waals surface area contributed by atoms with E-state index in [-0.39, 0.29) is 0 Å². The molecular weight excluding hydrogens is 232 g/mol. The Kier molecular flexibility index (Phi) is 4.33. The van der Waals surface area contributed by atoms with E-state index in [1.165, 1.54) is 0 Å². The lowest BCUT2D eigenvalue weighted by atomic mass is 10.1. The molecule has 0 radical (unpaired) electrons. The van der Waals surface area contributed by atoms with Crippen LogP contribution in [-0.4, -0.2) is 12.9 Å². The number of hydrogen-bond acceptors (Lipinski definition) is 1. The average molecular weight is 248 g/mol. The Morgan fingerprint density at radius 3 is 1.95 bits per heavy atom. The molecule has 0 unspecified atom stereocenters. The third-order valence-electron chi connectivity index (χ3n) is 2.75. The first-order valence-corrected chi connectivity index (χ1v) is 6.10. The molecule has 2 heteroatoms. The molecule has 0 spiro atoms. The highest BCUT2D eigenvalue weighted by Crippen LogP contribution is 2.11. The van der Waals surface area contributed by atoms with Gasteiger partial charge in [0.05, 0.1) is 5.70 Å². The maximum absolute atomic E-state index is 4.29.